The first kappa shape index (κ1) is 24.5. The Morgan fingerprint density at radius 2 is 1.75 bits per heavy atom. The predicted molar refractivity (Wildman–Crippen MR) is 135 cm³/mol. The smallest absolute Gasteiger partial charge is 0.262 e. The van der Waals surface area contributed by atoms with Crippen LogP contribution in [0.2, 0.25) is 4.34 Å². The molecule has 2 aromatic heterocycles. The number of carbonyl (C=O) groups excluding carboxylic acids is 3. The average molecular weight is 528 g/mol. The van der Waals surface area contributed by atoms with E-state index in [1.54, 1.807) is 26.0 Å². The molecule has 36 heavy (non-hydrogen) atoms. The lowest BCUT2D eigenvalue weighted by molar-refractivity contribution is -0.152. The zero-order valence-electron chi connectivity index (χ0n) is 19.9. The quantitative estimate of drug-likeness (QED) is 0.391. The van der Waals surface area contributed by atoms with E-state index in [2.05, 4.69) is 26.1 Å². The van der Waals surface area contributed by atoms with Gasteiger partial charge in [-0.2, -0.15) is 4.98 Å². The summed E-state index contributed by atoms with van der Waals surface area (Å²) in [7, 11) is 0. The van der Waals surface area contributed by atoms with E-state index >= 15 is 0 Å². The molecule has 0 aliphatic heterocycles. The van der Waals surface area contributed by atoms with E-state index < -0.39 is 5.54 Å². The van der Waals surface area contributed by atoms with Crippen molar-refractivity contribution in [2.75, 3.05) is 0 Å². The standard InChI is InChI=1S/C25H26ClN5O4S/c1-23(2,29-20(33)16-8-9-17(26)36-16)22(34)30-25-12-24(13-25,14-25)28-19(32)11-10-18-27-21(35-31-18)15-6-4-3-5-7-15/h3-9H,10-14H2,1-2H3,(H,28,32)(H,29,33)(H,30,34). The van der Waals surface area contributed by atoms with Gasteiger partial charge in [-0.15, -0.1) is 11.3 Å². The van der Waals surface area contributed by atoms with Gasteiger partial charge >= 0.3 is 0 Å². The Labute approximate surface area is 217 Å². The molecular formula is C25H26ClN5O4S. The third kappa shape index (κ3) is 4.87. The van der Waals surface area contributed by atoms with Gasteiger partial charge in [0.25, 0.3) is 11.8 Å². The summed E-state index contributed by atoms with van der Waals surface area (Å²) in [6.07, 6.45) is 2.64. The largest absolute Gasteiger partial charge is 0.350 e. The third-order valence-corrected chi connectivity index (χ3v) is 7.90. The molecule has 3 aromatic rings. The van der Waals surface area contributed by atoms with E-state index in [0.717, 1.165) is 16.9 Å². The van der Waals surface area contributed by atoms with Gasteiger partial charge < -0.3 is 20.5 Å². The van der Waals surface area contributed by atoms with Crippen molar-refractivity contribution >= 4 is 40.7 Å². The lowest BCUT2D eigenvalue weighted by Gasteiger charge is -2.70. The average Bonchev–Trinajstić information content (AvgIpc) is 3.45. The number of benzene rings is 1. The maximum atomic E-state index is 12.9. The van der Waals surface area contributed by atoms with Crippen LogP contribution in [0.1, 0.15) is 55.0 Å². The van der Waals surface area contributed by atoms with E-state index in [0.29, 0.717) is 46.6 Å². The van der Waals surface area contributed by atoms with Crippen molar-refractivity contribution in [3.63, 3.8) is 0 Å². The minimum atomic E-state index is -1.09. The first-order valence-electron chi connectivity index (χ1n) is 11.7. The number of hydrogen-bond acceptors (Lipinski definition) is 7. The van der Waals surface area contributed by atoms with Gasteiger partial charge in [-0.25, -0.2) is 0 Å². The van der Waals surface area contributed by atoms with Crippen molar-refractivity contribution in [3.05, 3.63) is 57.5 Å². The number of nitrogens with zero attached hydrogens (tertiary/aromatic N) is 2. The van der Waals surface area contributed by atoms with Gasteiger partial charge in [0.15, 0.2) is 5.82 Å². The van der Waals surface area contributed by atoms with Crippen LogP contribution in [0.3, 0.4) is 0 Å². The van der Waals surface area contributed by atoms with Crippen LogP contribution in [-0.4, -0.2) is 44.5 Å². The molecule has 0 radical (unpaired) electrons. The fourth-order valence-electron chi connectivity index (χ4n) is 4.93. The molecule has 3 aliphatic carbocycles. The maximum Gasteiger partial charge on any atom is 0.262 e. The monoisotopic (exact) mass is 527 g/mol. The van der Waals surface area contributed by atoms with Crippen LogP contribution in [0.4, 0.5) is 0 Å². The molecule has 11 heteroatoms. The molecule has 2 heterocycles. The number of carbonyl (C=O) groups is 3. The number of thiophene rings is 1. The molecule has 188 valence electrons. The fourth-order valence-corrected chi connectivity index (χ4v) is 5.86. The second kappa shape index (κ2) is 9.01. The highest BCUT2D eigenvalue weighted by Gasteiger charge is 2.69. The minimum absolute atomic E-state index is 0.0807. The van der Waals surface area contributed by atoms with Crippen LogP contribution in [0.25, 0.3) is 11.5 Å². The number of hydrogen-bond donors (Lipinski definition) is 3. The highest BCUT2D eigenvalue weighted by Crippen LogP contribution is 2.60. The zero-order chi connectivity index (χ0) is 25.6. The molecule has 6 rings (SSSR count). The summed E-state index contributed by atoms with van der Waals surface area (Å²) in [4.78, 5) is 42.7. The number of rotatable bonds is 9. The van der Waals surface area contributed by atoms with E-state index in [1.165, 1.54) is 0 Å². The van der Waals surface area contributed by atoms with Crippen LogP contribution in [0.15, 0.2) is 47.0 Å². The molecule has 3 N–H and O–H groups in total. The highest BCUT2D eigenvalue weighted by atomic mass is 35.5. The number of halogens is 1. The van der Waals surface area contributed by atoms with Gasteiger partial charge in [0.1, 0.15) is 5.54 Å². The molecule has 9 nitrogen and oxygen atoms in total. The van der Waals surface area contributed by atoms with Gasteiger partial charge in [-0.05, 0) is 57.4 Å². The lowest BCUT2D eigenvalue weighted by atomic mass is 9.44. The Kier molecular flexibility index (Phi) is 6.12. The van der Waals surface area contributed by atoms with Gasteiger partial charge in [0, 0.05) is 29.5 Å². The SMILES string of the molecule is CC(C)(NC(=O)c1ccc(Cl)s1)C(=O)NC12CC(NC(=O)CCc3noc(-c4ccccc4)n3)(C1)C2. The van der Waals surface area contributed by atoms with E-state index in [1.807, 2.05) is 30.3 Å². The second-order valence-electron chi connectivity index (χ2n) is 10.2. The van der Waals surface area contributed by atoms with E-state index in [9.17, 15) is 14.4 Å². The maximum absolute atomic E-state index is 12.9. The van der Waals surface area contributed by atoms with Gasteiger partial charge in [-0.1, -0.05) is 35.0 Å². The summed E-state index contributed by atoms with van der Waals surface area (Å²) in [6, 6.07) is 12.7. The Morgan fingerprint density at radius 1 is 1.06 bits per heavy atom. The molecule has 0 unspecified atom stereocenters. The second-order valence-corrected chi connectivity index (χ2v) is 11.9. The normalized spacial score (nSPS) is 22.2. The molecule has 3 amide bonds. The molecule has 3 fully saturated rings. The van der Waals surface area contributed by atoms with Crippen molar-refractivity contribution in [3.8, 4) is 11.5 Å². The van der Waals surface area contributed by atoms with Crippen molar-refractivity contribution in [1.29, 1.82) is 0 Å². The lowest BCUT2D eigenvalue weighted by Crippen LogP contribution is -2.84. The Morgan fingerprint density at radius 3 is 2.42 bits per heavy atom. The number of amides is 3. The van der Waals surface area contributed by atoms with Crippen molar-refractivity contribution in [1.82, 2.24) is 26.1 Å². The predicted octanol–water partition coefficient (Wildman–Crippen LogP) is 3.50. The van der Waals surface area contributed by atoms with Crippen molar-refractivity contribution < 1.29 is 18.9 Å². The van der Waals surface area contributed by atoms with E-state index in [4.69, 9.17) is 16.1 Å². The number of aryl methyl sites for hydroxylation is 1. The summed E-state index contributed by atoms with van der Waals surface area (Å²) in [5, 5.41) is 12.9. The summed E-state index contributed by atoms with van der Waals surface area (Å²) in [5.41, 5.74) is -0.877. The number of aromatic nitrogens is 2. The summed E-state index contributed by atoms with van der Waals surface area (Å²) in [5.74, 6) is 0.235. The topological polar surface area (TPSA) is 126 Å². The number of nitrogens with one attached hydrogen (secondary N) is 3. The van der Waals surface area contributed by atoms with Crippen LogP contribution in [-0.2, 0) is 16.0 Å². The molecule has 3 aliphatic rings. The summed E-state index contributed by atoms with van der Waals surface area (Å²) in [6.45, 7) is 3.33. The molecule has 0 atom stereocenters. The molecule has 2 bridgehead atoms. The van der Waals surface area contributed by atoms with E-state index in [-0.39, 0.29) is 35.2 Å². The summed E-state index contributed by atoms with van der Waals surface area (Å²) < 4.78 is 5.80. The minimum Gasteiger partial charge on any atom is -0.350 e. The first-order chi connectivity index (χ1) is 17.1. The van der Waals surface area contributed by atoms with Gasteiger partial charge in [0.05, 0.1) is 9.21 Å². The van der Waals surface area contributed by atoms with Crippen LogP contribution >= 0.6 is 22.9 Å². The Balaban J connectivity index is 1.06. The molecule has 1 aromatic carbocycles. The molecular weight excluding hydrogens is 502 g/mol. The molecule has 0 spiro atoms. The van der Waals surface area contributed by atoms with Crippen LogP contribution in [0, 0.1) is 0 Å². The van der Waals surface area contributed by atoms with Crippen LogP contribution < -0.4 is 16.0 Å². The van der Waals surface area contributed by atoms with Crippen molar-refractivity contribution in [2.24, 2.45) is 0 Å². The zero-order valence-corrected chi connectivity index (χ0v) is 21.5. The van der Waals surface area contributed by atoms with Gasteiger partial charge in [0.2, 0.25) is 11.8 Å². The molecule has 0 saturated heterocycles. The van der Waals surface area contributed by atoms with Gasteiger partial charge in [-0.3, -0.25) is 14.4 Å². The van der Waals surface area contributed by atoms with Crippen LogP contribution in [0.5, 0.6) is 0 Å². The van der Waals surface area contributed by atoms with Crippen molar-refractivity contribution in [2.45, 2.75) is 62.6 Å². The first-order valence-corrected chi connectivity index (χ1v) is 12.9. The molecule has 3 saturated carbocycles. The highest BCUT2D eigenvalue weighted by molar-refractivity contribution is 7.18. The Bertz CT molecular complexity index is 1300. The Hall–Kier alpha value is -3.24. The third-order valence-electron chi connectivity index (χ3n) is 6.67. The fraction of sp³-hybridized carbons (Fsp3) is 0.400. The summed E-state index contributed by atoms with van der Waals surface area (Å²) >= 11 is 7.06.